The molecule has 0 unspecified atom stereocenters. The lowest BCUT2D eigenvalue weighted by Crippen LogP contribution is -1.94. The Balaban J connectivity index is 2.17. The second-order valence-electron chi connectivity index (χ2n) is 4.17. The van der Waals surface area contributed by atoms with E-state index >= 15 is 0 Å². The Hall–Kier alpha value is -1.39. The van der Waals surface area contributed by atoms with Gasteiger partial charge in [0.15, 0.2) is 0 Å². The van der Waals surface area contributed by atoms with Gasteiger partial charge in [0.1, 0.15) is 17.3 Å². The molecule has 0 saturated carbocycles. The fourth-order valence-electron chi connectivity index (χ4n) is 1.68. The number of hydrogen-bond donors (Lipinski definition) is 1. The van der Waals surface area contributed by atoms with Gasteiger partial charge in [0.2, 0.25) is 0 Å². The van der Waals surface area contributed by atoms with Gasteiger partial charge in [-0.2, -0.15) is 0 Å². The predicted molar refractivity (Wildman–Crippen MR) is 75.9 cm³/mol. The molecule has 19 heavy (non-hydrogen) atoms. The van der Waals surface area contributed by atoms with Crippen LogP contribution in [0.3, 0.4) is 0 Å². The van der Waals surface area contributed by atoms with Gasteiger partial charge in [0.25, 0.3) is 0 Å². The second kappa shape index (κ2) is 6.17. The van der Waals surface area contributed by atoms with Crippen molar-refractivity contribution in [2.24, 2.45) is 0 Å². The van der Waals surface area contributed by atoms with E-state index in [2.05, 4.69) is 15.9 Å². The van der Waals surface area contributed by atoms with E-state index in [-0.39, 0.29) is 5.82 Å². The van der Waals surface area contributed by atoms with Crippen LogP contribution in [-0.4, -0.2) is 5.11 Å². The quantitative estimate of drug-likeness (QED) is 0.873. The van der Waals surface area contributed by atoms with Crippen LogP contribution >= 0.6 is 15.9 Å². The van der Waals surface area contributed by atoms with E-state index in [0.717, 1.165) is 5.56 Å². The molecule has 2 nitrogen and oxygen atoms in total. The summed E-state index contributed by atoms with van der Waals surface area (Å²) in [4.78, 5) is 0. The molecule has 2 rings (SSSR count). The third-order valence-corrected chi connectivity index (χ3v) is 3.43. The molecule has 0 amide bonds. The Kier molecular flexibility index (Phi) is 4.56. The Morgan fingerprint density at radius 1 is 1.21 bits per heavy atom. The van der Waals surface area contributed by atoms with Crippen molar-refractivity contribution in [2.45, 2.75) is 19.4 Å². The molecule has 0 spiro atoms. The van der Waals surface area contributed by atoms with Crippen LogP contribution in [0.15, 0.2) is 46.9 Å². The van der Waals surface area contributed by atoms with Crippen molar-refractivity contribution in [1.82, 2.24) is 0 Å². The van der Waals surface area contributed by atoms with Crippen LogP contribution in [0, 0.1) is 5.82 Å². The summed E-state index contributed by atoms with van der Waals surface area (Å²) >= 11 is 3.31. The summed E-state index contributed by atoms with van der Waals surface area (Å²) in [6.07, 6.45) is 0.199. The summed E-state index contributed by atoms with van der Waals surface area (Å²) in [6.45, 7) is 1.92. The van der Waals surface area contributed by atoms with Gasteiger partial charge in [-0.25, -0.2) is 4.39 Å². The first-order valence-corrected chi connectivity index (χ1v) is 6.80. The number of aliphatic hydroxyl groups excluding tert-OH is 1. The number of hydrogen-bond acceptors (Lipinski definition) is 2. The highest BCUT2D eigenvalue weighted by Crippen LogP contribution is 2.31. The first-order valence-electron chi connectivity index (χ1n) is 6.01. The minimum absolute atomic E-state index is 0.351. The minimum atomic E-state index is -0.463. The number of benzene rings is 2. The van der Waals surface area contributed by atoms with Crippen molar-refractivity contribution in [1.29, 1.82) is 0 Å². The van der Waals surface area contributed by atoms with Crippen molar-refractivity contribution < 1.29 is 14.2 Å². The zero-order valence-corrected chi connectivity index (χ0v) is 12.0. The SMILES string of the molecule is CC[C@H](O)c1ccc(Oc2cc(F)ccc2Br)cc1. The fraction of sp³-hybridized carbons (Fsp3) is 0.200. The lowest BCUT2D eigenvalue weighted by Gasteiger charge is -2.11. The Morgan fingerprint density at radius 3 is 2.53 bits per heavy atom. The molecular formula is C15H14BrFO2. The van der Waals surface area contributed by atoms with Crippen molar-refractivity contribution >= 4 is 15.9 Å². The van der Waals surface area contributed by atoms with Crippen LogP contribution in [0.2, 0.25) is 0 Å². The van der Waals surface area contributed by atoms with Gasteiger partial charge in [0.05, 0.1) is 10.6 Å². The van der Waals surface area contributed by atoms with Crippen LogP contribution in [0.1, 0.15) is 25.0 Å². The third kappa shape index (κ3) is 3.55. The number of halogens is 2. The minimum Gasteiger partial charge on any atom is -0.456 e. The van der Waals surface area contributed by atoms with Crippen LogP contribution < -0.4 is 4.74 Å². The van der Waals surface area contributed by atoms with Gasteiger partial charge in [-0.3, -0.25) is 0 Å². The lowest BCUT2D eigenvalue weighted by atomic mass is 10.1. The van der Waals surface area contributed by atoms with Crippen LogP contribution in [0.5, 0.6) is 11.5 Å². The summed E-state index contributed by atoms with van der Waals surface area (Å²) < 4.78 is 19.4. The number of aliphatic hydroxyl groups is 1. The number of ether oxygens (including phenoxy) is 1. The Morgan fingerprint density at radius 2 is 1.89 bits per heavy atom. The van der Waals surface area contributed by atoms with Gasteiger partial charge in [-0.05, 0) is 52.2 Å². The highest BCUT2D eigenvalue weighted by molar-refractivity contribution is 9.10. The summed E-state index contributed by atoms with van der Waals surface area (Å²) in [7, 11) is 0. The normalized spacial score (nSPS) is 12.2. The molecule has 0 aliphatic carbocycles. The van der Waals surface area contributed by atoms with Crippen molar-refractivity contribution in [3.05, 3.63) is 58.3 Å². The molecule has 2 aromatic carbocycles. The van der Waals surface area contributed by atoms with E-state index in [1.807, 2.05) is 6.92 Å². The zero-order valence-electron chi connectivity index (χ0n) is 10.4. The van der Waals surface area contributed by atoms with Gasteiger partial charge in [0, 0.05) is 6.07 Å². The standard InChI is InChI=1S/C15H14BrFO2/c1-2-14(18)10-3-6-12(7-4-10)19-15-9-11(17)5-8-13(15)16/h3-9,14,18H,2H2,1H3/t14-/m0/s1. The highest BCUT2D eigenvalue weighted by atomic mass is 79.9. The molecule has 2 aromatic rings. The second-order valence-corrected chi connectivity index (χ2v) is 5.02. The zero-order chi connectivity index (χ0) is 13.8. The molecule has 0 saturated heterocycles. The van der Waals surface area contributed by atoms with Crippen LogP contribution in [-0.2, 0) is 0 Å². The third-order valence-electron chi connectivity index (χ3n) is 2.77. The lowest BCUT2D eigenvalue weighted by molar-refractivity contribution is 0.173. The Bertz CT molecular complexity index is 555. The largest absolute Gasteiger partial charge is 0.456 e. The first kappa shape index (κ1) is 14.0. The molecule has 1 atom stereocenters. The maximum atomic E-state index is 13.1. The first-order chi connectivity index (χ1) is 9.10. The molecule has 0 bridgehead atoms. The van der Waals surface area contributed by atoms with Crippen LogP contribution in [0.25, 0.3) is 0 Å². The van der Waals surface area contributed by atoms with Gasteiger partial charge >= 0.3 is 0 Å². The summed E-state index contributed by atoms with van der Waals surface area (Å²) in [5.41, 5.74) is 0.841. The van der Waals surface area contributed by atoms with E-state index < -0.39 is 6.10 Å². The molecule has 0 aliphatic heterocycles. The molecule has 0 fully saturated rings. The molecule has 4 heteroatoms. The van der Waals surface area contributed by atoms with E-state index in [0.29, 0.717) is 22.4 Å². The summed E-state index contributed by atoms with van der Waals surface area (Å²) in [6, 6.07) is 11.4. The van der Waals surface area contributed by atoms with E-state index in [1.54, 1.807) is 30.3 Å². The molecular weight excluding hydrogens is 311 g/mol. The molecule has 1 N–H and O–H groups in total. The van der Waals surface area contributed by atoms with Crippen molar-refractivity contribution in [3.63, 3.8) is 0 Å². The fourth-order valence-corrected chi connectivity index (χ4v) is 2.00. The van der Waals surface area contributed by atoms with Gasteiger partial charge in [-0.15, -0.1) is 0 Å². The molecule has 0 radical (unpaired) electrons. The number of rotatable bonds is 4. The molecule has 100 valence electrons. The topological polar surface area (TPSA) is 29.5 Å². The van der Waals surface area contributed by atoms with Crippen molar-refractivity contribution in [3.8, 4) is 11.5 Å². The van der Waals surface area contributed by atoms with E-state index in [4.69, 9.17) is 4.74 Å². The van der Waals surface area contributed by atoms with Gasteiger partial charge < -0.3 is 9.84 Å². The maximum Gasteiger partial charge on any atom is 0.144 e. The van der Waals surface area contributed by atoms with E-state index in [9.17, 15) is 9.50 Å². The monoisotopic (exact) mass is 324 g/mol. The molecule has 0 aliphatic rings. The van der Waals surface area contributed by atoms with Gasteiger partial charge in [-0.1, -0.05) is 19.1 Å². The smallest absolute Gasteiger partial charge is 0.144 e. The highest BCUT2D eigenvalue weighted by Gasteiger charge is 2.07. The average molecular weight is 325 g/mol. The average Bonchev–Trinajstić information content (AvgIpc) is 2.43. The summed E-state index contributed by atoms with van der Waals surface area (Å²) in [5, 5.41) is 9.69. The molecule has 0 aromatic heterocycles. The van der Waals surface area contributed by atoms with Crippen molar-refractivity contribution in [2.75, 3.05) is 0 Å². The Labute approximate surface area is 120 Å². The van der Waals surface area contributed by atoms with Crippen LogP contribution in [0.4, 0.5) is 4.39 Å². The maximum absolute atomic E-state index is 13.1. The summed E-state index contributed by atoms with van der Waals surface area (Å²) in [5.74, 6) is 0.665. The molecule has 0 heterocycles. The predicted octanol–water partition coefficient (Wildman–Crippen LogP) is 4.82. The van der Waals surface area contributed by atoms with E-state index in [1.165, 1.54) is 12.1 Å².